The van der Waals surface area contributed by atoms with E-state index in [1.807, 2.05) is 24.3 Å². The Kier molecular flexibility index (Phi) is 5.14. The van der Waals surface area contributed by atoms with Gasteiger partial charge in [-0.15, -0.1) is 0 Å². The largest absolute Gasteiger partial charge is 0.481 e. The number of carboxylic acids is 1. The molecule has 24 heavy (non-hydrogen) atoms. The number of benzene rings is 2. The average molecular weight is 381 g/mol. The molecule has 1 N–H and O–H groups in total. The standard InChI is InChI=1S/C19H18Cl2O2S/c1-10(2)11-5-3-4-6-15(11)24-16-8-7-12(17(20)18(16)21)13-9-14(13)19(22)23/h3-8,10,13-14H,9H2,1-2H3,(H,22,23)/t13-,14+/m0/s1. The van der Waals surface area contributed by atoms with E-state index >= 15 is 0 Å². The van der Waals surface area contributed by atoms with E-state index in [0.717, 1.165) is 15.4 Å². The first-order valence-electron chi connectivity index (χ1n) is 7.87. The summed E-state index contributed by atoms with van der Waals surface area (Å²) in [7, 11) is 0. The molecule has 0 amide bonds. The van der Waals surface area contributed by atoms with E-state index in [2.05, 4.69) is 26.0 Å². The molecule has 2 atom stereocenters. The number of aliphatic carboxylic acids is 1. The fraction of sp³-hybridized carbons (Fsp3) is 0.316. The predicted octanol–water partition coefficient (Wildman–Crippen LogP) is 6.46. The van der Waals surface area contributed by atoms with Crippen LogP contribution in [-0.2, 0) is 4.79 Å². The normalized spacial score (nSPS) is 19.5. The zero-order chi connectivity index (χ0) is 17.4. The van der Waals surface area contributed by atoms with Gasteiger partial charge in [0.05, 0.1) is 16.0 Å². The molecule has 0 aliphatic heterocycles. The van der Waals surface area contributed by atoms with Crippen molar-refractivity contribution in [2.75, 3.05) is 0 Å². The van der Waals surface area contributed by atoms with Gasteiger partial charge in [-0.25, -0.2) is 0 Å². The van der Waals surface area contributed by atoms with Gasteiger partial charge in [-0.2, -0.15) is 0 Å². The highest BCUT2D eigenvalue weighted by Crippen LogP contribution is 2.52. The van der Waals surface area contributed by atoms with Crippen molar-refractivity contribution in [2.24, 2.45) is 5.92 Å². The van der Waals surface area contributed by atoms with Gasteiger partial charge >= 0.3 is 5.97 Å². The van der Waals surface area contributed by atoms with Crippen molar-refractivity contribution in [1.29, 1.82) is 0 Å². The Morgan fingerprint density at radius 2 is 1.83 bits per heavy atom. The number of carboxylic acid groups (broad SMARTS) is 1. The van der Waals surface area contributed by atoms with E-state index in [1.54, 1.807) is 11.8 Å². The van der Waals surface area contributed by atoms with Crippen LogP contribution in [0.5, 0.6) is 0 Å². The van der Waals surface area contributed by atoms with Crippen LogP contribution in [-0.4, -0.2) is 11.1 Å². The Morgan fingerprint density at radius 3 is 2.46 bits per heavy atom. The van der Waals surface area contributed by atoms with Gasteiger partial charge in [-0.1, -0.05) is 73.1 Å². The average Bonchev–Trinajstić information content (AvgIpc) is 3.33. The molecular weight excluding hydrogens is 363 g/mol. The summed E-state index contributed by atoms with van der Waals surface area (Å²) in [5.74, 6) is -0.699. The van der Waals surface area contributed by atoms with Crippen molar-refractivity contribution in [3.63, 3.8) is 0 Å². The topological polar surface area (TPSA) is 37.3 Å². The summed E-state index contributed by atoms with van der Waals surface area (Å²) in [6, 6.07) is 12.1. The van der Waals surface area contributed by atoms with Gasteiger partial charge in [-0.3, -0.25) is 4.79 Å². The summed E-state index contributed by atoms with van der Waals surface area (Å²) in [6.07, 6.45) is 0.633. The number of halogens is 2. The highest BCUT2D eigenvalue weighted by atomic mass is 35.5. The first-order valence-corrected chi connectivity index (χ1v) is 9.44. The van der Waals surface area contributed by atoms with E-state index in [1.165, 1.54) is 5.56 Å². The molecule has 2 aromatic carbocycles. The van der Waals surface area contributed by atoms with Crippen molar-refractivity contribution < 1.29 is 9.90 Å². The molecule has 0 aromatic heterocycles. The minimum atomic E-state index is -0.767. The first-order chi connectivity index (χ1) is 11.4. The Morgan fingerprint density at radius 1 is 1.12 bits per heavy atom. The molecule has 0 heterocycles. The lowest BCUT2D eigenvalue weighted by atomic mass is 10.0. The highest BCUT2D eigenvalue weighted by molar-refractivity contribution is 7.99. The van der Waals surface area contributed by atoms with Crippen LogP contribution in [0.4, 0.5) is 0 Å². The molecular formula is C19H18Cl2O2S. The van der Waals surface area contributed by atoms with Crippen molar-refractivity contribution in [3.8, 4) is 0 Å². The van der Waals surface area contributed by atoms with Crippen LogP contribution in [0.3, 0.4) is 0 Å². The third-order valence-corrected chi connectivity index (χ3v) is 6.51. The minimum Gasteiger partial charge on any atom is -0.481 e. The quantitative estimate of drug-likeness (QED) is 0.646. The van der Waals surface area contributed by atoms with Crippen molar-refractivity contribution >= 4 is 40.9 Å². The van der Waals surface area contributed by atoms with Crippen LogP contribution in [0.15, 0.2) is 46.2 Å². The van der Waals surface area contributed by atoms with Crippen LogP contribution in [0.2, 0.25) is 10.0 Å². The third kappa shape index (κ3) is 3.44. The molecule has 1 saturated carbocycles. The lowest BCUT2D eigenvalue weighted by Crippen LogP contribution is -1.99. The fourth-order valence-corrected chi connectivity index (χ4v) is 4.67. The van der Waals surface area contributed by atoms with Crippen LogP contribution < -0.4 is 0 Å². The van der Waals surface area contributed by atoms with Gasteiger partial charge in [0.1, 0.15) is 0 Å². The van der Waals surface area contributed by atoms with Crippen molar-refractivity contribution in [3.05, 3.63) is 57.6 Å². The maximum Gasteiger partial charge on any atom is 0.307 e. The lowest BCUT2D eigenvalue weighted by molar-refractivity contribution is -0.138. The lowest BCUT2D eigenvalue weighted by Gasteiger charge is -2.14. The predicted molar refractivity (Wildman–Crippen MR) is 99.6 cm³/mol. The van der Waals surface area contributed by atoms with Gasteiger partial charge in [0.2, 0.25) is 0 Å². The molecule has 5 heteroatoms. The van der Waals surface area contributed by atoms with Crippen molar-refractivity contribution in [1.82, 2.24) is 0 Å². The third-order valence-electron chi connectivity index (χ3n) is 4.34. The Balaban J connectivity index is 1.89. The smallest absolute Gasteiger partial charge is 0.307 e. The molecule has 126 valence electrons. The summed E-state index contributed by atoms with van der Waals surface area (Å²) in [5.41, 5.74) is 2.11. The molecule has 1 fully saturated rings. The number of hydrogen-bond donors (Lipinski definition) is 1. The van der Waals surface area contributed by atoms with Gasteiger partial charge in [0.25, 0.3) is 0 Å². The molecule has 0 spiro atoms. The molecule has 0 bridgehead atoms. The second-order valence-corrected chi connectivity index (χ2v) is 8.20. The number of rotatable bonds is 5. The fourth-order valence-electron chi connectivity index (χ4n) is 2.89. The molecule has 1 aliphatic carbocycles. The molecule has 2 aromatic rings. The number of carbonyl (C=O) groups is 1. The molecule has 0 unspecified atom stereocenters. The maximum atomic E-state index is 11.1. The Labute approximate surface area is 156 Å². The van der Waals surface area contributed by atoms with E-state index in [9.17, 15) is 4.79 Å². The first kappa shape index (κ1) is 17.7. The summed E-state index contributed by atoms with van der Waals surface area (Å²) >= 11 is 14.5. The molecule has 0 saturated heterocycles. The van der Waals surface area contributed by atoms with Crippen LogP contribution in [0.1, 0.15) is 43.2 Å². The Bertz CT molecular complexity index is 789. The minimum absolute atomic E-state index is 0.0190. The van der Waals surface area contributed by atoms with E-state index in [4.69, 9.17) is 28.3 Å². The second kappa shape index (κ2) is 6.99. The zero-order valence-electron chi connectivity index (χ0n) is 13.4. The monoisotopic (exact) mass is 380 g/mol. The SMILES string of the molecule is CC(C)c1ccccc1Sc1ccc([C@@H]2C[C@H]2C(=O)O)c(Cl)c1Cl. The Hall–Kier alpha value is -1.16. The van der Waals surface area contributed by atoms with E-state index in [0.29, 0.717) is 22.4 Å². The summed E-state index contributed by atoms with van der Waals surface area (Å²) < 4.78 is 0. The second-order valence-electron chi connectivity index (χ2n) is 6.36. The maximum absolute atomic E-state index is 11.1. The summed E-state index contributed by atoms with van der Waals surface area (Å²) in [4.78, 5) is 13.1. The van der Waals surface area contributed by atoms with Gasteiger partial charge in [0, 0.05) is 9.79 Å². The molecule has 2 nitrogen and oxygen atoms in total. The van der Waals surface area contributed by atoms with Crippen molar-refractivity contribution in [2.45, 2.75) is 41.9 Å². The van der Waals surface area contributed by atoms with E-state index < -0.39 is 5.97 Å². The van der Waals surface area contributed by atoms with Gasteiger partial charge in [0.15, 0.2) is 0 Å². The molecule has 0 radical (unpaired) electrons. The summed E-state index contributed by atoms with van der Waals surface area (Å²) in [5, 5.41) is 10.1. The zero-order valence-corrected chi connectivity index (χ0v) is 15.8. The summed E-state index contributed by atoms with van der Waals surface area (Å²) in [6.45, 7) is 4.33. The molecule has 1 aliphatic rings. The van der Waals surface area contributed by atoms with Crippen LogP contribution in [0.25, 0.3) is 0 Å². The highest BCUT2D eigenvalue weighted by Gasteiger charge is 2.45. The van der Waals surface area contributed by atoms with Gasteiger partial charge in [-0.05, 0) is 41.5 Å². The molecule has 3 rings (SSSR count). The van der Waals surface area contributed by atoms with Crippen LogP contribution in [0, 0.1) is 5.92 Å². The number of hydrogen-bond acceptors (Lipinski definition) is 2. The van der Waals surface area contributed by atoms with Gasteiger partial charge < -0.3 is 5.11 Å². The van der Waals surface area contributed by atoms with Crippen LogP contribution >= 0.6 is 35.0 Å². The van der Waals surface area contributed by atoms with E-state index in [-0.39, 0.29) is 11.8 Å².